The minimum absolute atomic E-state index is 0.0465. The molecule has 0 atom stereocenters. The maximum atomic E-state index is 12.0. The molecule has 24 heavy (non-hydrogen) atoms. The Hall–Kier alpha value is -1.92. The smallest absolute Gasteiger partial charge is 0.315 e. The first-order valence-electron chi connectivity index (χ1n) is 8.48. The van der Waals surface area contributed by atoms with E-state index in [1.807, 2.05) is 24.4 Å². The van der Waals surface area contributed by atoms with Gasteiger partial charge in [-0.3, -0.25) is 9.88 Å². The molecule has 0 unspecified atom stereocenters. The van der Waals surface area contributed by atoms with Crippen molar-refractivity contribution in [2.75, 3.05) is 19.6 Å². The molecule has 0 bridgehead atoms. The molecule has 0 aliphatic carbocycles. The van der Waals surface area contributed by atoms with Crippen LogP contribution in [0, 0.1) is 0 Å². The Balaban J connectivity index is 1.32. The summed E-state index contributed by atoms with van der Waals surface area (Å²) in [6, 6.07) is 10.4. The number of rotatable bonds is 6. The van der Waals surface area contributed by atoms with E-state index < -0.39 is 0 Å². The lowest BCUT2D eigenvalue weighted by Crippen LogP contribution is -2.48. The fraction of sp³-hybridized carbons (Fsp3) is 0.444. The van der Waals surface area contributed by atoms with Crippen molar-refractivity contribution < 1.29 is 4.79 Å². The van der Waals surface area contributed by atoms with Gasteiger partial charge in [0.25, 0.3) is 0 Å². The molecule has 1 aliphatic heterocycles. The van der Waals surface area contributed by atoms with E-state index in [-0.39, 0.29) is 12.1 Å². The standard InChI is InChI=1S/C18H24N4OS/c23-18(20-10-6-17-5-3-13-24-17)21-15-7-11-22(12-8-15)14-16-4-1-2-9-19-16/h1-5,9,13,15H,6-8,10-12,14H2,(H2,20,21,23). The van der Waals surface area contributed by atoms with Gasteiger partial charge in [0, 0.05) is 43.3 Å². The van der Waals surface area contributed by atoms with Crippen molar-refractivity contribution in [2.24, 2.45) is 0 Å². The third kappa shape index (κ3) is 5.32. The van der Waals surface area contributed by atoms with Gasteiger partial charge in [-0.2, -0.15) is 0 Å². The van der Waals surface area contributed by atoms with Crippen molar-refractivity contribution in [3.05, 3.63) is 52.5 Å². The molecular weight excluding hydrogens is 320 g/mol. The van der Waals surface area contributed by atoms with Gasteiger partial charge in [-0.15, -0.1) is 11.3 Å². The molecule has 0 saturated carbocycles. The highest BCUT2D eigenvalue weighted by Crippen LogP contribution is 2.13. The molecule has 2 amide bonds. The molecule has 2 aromatic rings. The number of likely N-dealkylation sites (tertiary alicyclic amines) is 1. The monoisotopic (exact) mass is 344 g/mol. The van der Waals surface area contributed by atoms with Crippen LogP contribution in [-0.4, -0.2) is 41.6 Å². The van der Waals surface area contributed by atoms with Crippen molar-refractivity contribution in [1.29, 1.82) is 0 Å². The van der Waals surface area contributed by atoms with Gasteiger partial charge in [-0.25, -0.2) is 4.79 Å². The van der Waals surface area contributed by atoms with E-state index in [1.54, 1.807) is 11.3 Å². The van der Waals surface area contributed by atoms with Gasteiger partial charge in [0.15, 0.2) is 0 Å². The predicted octanol–water partition coefficient (Wildman–Crippen LogP) is 2.65. The first kappa shape index (κ1) is 16.9. The largest absolute Gasteiger partial charge is 0.338 e. The summed E-state index contributed by atoms with van der Waals surface area (Å²) in [5.41, 5.74) is 1.11. The molecule has 3 heterocycles. The quantitative estimate of drug-likeness (QED) is 0.847. The van der Waals surface area contributed by atoms with Gasteiger partial charge in [0.2, 0.25) is 0 Å². The zero-order valence-electron chi connectivity index (χ0n) is 13.8. The average molecular weight is 344 g/mol. The molecule has 2 N–H and O–H groups in total. The van der Waals surface area contributed by atoms with Crippen molar-refractivity contribution >= 4 is 17.4 Å². The first-order chi connectivity index (χ1) is 11.8. The lowest BCUT2D eigenvalue weighted by Gasteiger charge is -2.32. The molecule has 1 saturated heterocycles. The van der Waals surface area contributed by atoms with Crippen LogP contribution in [0.3, 0.4) is 0 Å². The van der Waals surface area contributed by atoms with E-state index >= 15 is 0 Å². The molecule has 1 fully saturated rings. The summed E-state index contributed by atoms with van der Waals surface area (Å²) in [6.45, 7) is 3.57. The average Bonchev–Trinajstić information content (AvgIpc) is 3.11. The third-order valence-electron chi connectivity index (χ3n) is 4.27. The van der Waals surface area contributed by atoms with Crippen molar-refractivity contribution in [3.63, 3.8) is 0 Å². The number of carbonyl (C=O) groups excluding carboxylic acids is 1. The van der Waals surface area contributed by atoms with Crippen molar-refractivity contribution in [3.8, 4) is 0 Å². The van der Waals surface area contributed by atoms with Crippen LogP contribution in [-0.2, 0) is 13.0 Å². The molecule has 5 nitrogen and oxygen atoms in total. The van der Waals surface area contributed by atoms with E-state index in [2.05, 4.69) is 38.0 Å². The normalized spacial score (nSPS) is 16.0. The van der Waals surface area contributed by atoms with Crippen LogP contribution in [0.25, 0.3) is 0 Å². The highest BCUT2D eigenvalue weighted by Gasteiger charge is 2.20. The maximum Gasteiger partial charge on any atom is 0.315 e. The summed E-state index contributed by atoms with van der Waals surface area (Å²) in [7, 11) is 0. The number of amides is 2. The number of hydrogen-bond donors (Lipinski definition) is 2. The minimum atomic E-state index is -0.0465. The Morgan fingerprint density at radius 1 is 1.25 bits per heavy atom. The number of nitrogens with one attached hydrogen (secondary N) is 2. The molecule has 128 valence electrons. The Bertz CT molecular complexity index is 609. The lowest BCUT2D eigenvalue weighted by atomic mass is 10.1. The van der Waals surface area contributed by atoms with Crippen LogP contribution in [0.1, 0.15) is 23.4 Å². The first-order valence-corrected chi connectivity index (χ1v) is 9.36. The second-order valence-electron chi connectivity index (χ2n) is 6.10. The van der Waals surface area contributed by atoms with Crippen molar-refractivity contribution in [1.82, 2.24) is 20.5 Å². The van der Waals surface area contributed by atoms with Crippen LogP contribution < -0.4 is 10.6 Å². The highest BCUT2D eigenvalue weighted by atomic mass is 32.1. The SMILES string of the molecule is O=C(NCCc1cccs1)NC1CCN(Cc2ccccn2)CC1. The van der Waals surface area contributed by atoms with E-state index in [9.17, 15) is 4.79 Å². The number of carbonyl (C=O) groups is 1. The van der Waals surface area contributed by atoms with Crippen LogP contribution >= 0.6 is 11.3 Å². The van der Waals surface area contributed by atoms with Gasteiger partial charge in [0.05, 0.1) is 5.69 Å². The van der Waals surface area contributed by atoms with Gasteiger partial charge < -0.3 is 10.6 Å². The zero-order valence-corrected chi connectivity index (χ0v) is 14.6. The number of pyridine rings is 1. The fourth-order valence-corrected chi connectivity index (χ4v) is 3.66. The Morgan fingerprint density at radius 2 is 2.12 bits per heavy atom. The highest BCUT2D eigenvalue weighted by molar-refractivity contribution is 7.09. The molecule has 6 heteroatoms. The van der Waals surface area contributed by atoms with Crippen molar-refractivity contribution in [2.45, 2.75) is 31.8 Å². The minimum Gasteiger partial charge on any atom is -0.338 e. The maximum absolute atomic E-state index is 12.0. The summed E-state index contributed by atoms with van der Waals surface area (Å²) in [6.07, 6.45) is 4.72. The summed E-state index contributed by atoms with van der Waals surface area (Å²) >= 11 is 1.73. The molecule has 0 aromatic carbocycles. The van der Waals surface area contributed by atoms with E-state index in [1.165, 1.54) is 4.88 Å². The summed E-state index contributed by atoms with van der Waals surface area (Å²) in [5, 5.41) is 8.11. The van der Waals surface area contributed by atoms with Gasteiger partial charge >= 0.3 is 6.03 Å². The van der Waals surface area contributed by atoms with Gasteiger partial charge in [-0.1, -0.05) is 12.1 Å². The van der Waals surface area contributed by atoms with Crippen LogP contribution in [0.5, 0.6) is 0 Å². The molecule has 2 aromatic heterocycles. The number of aromatic nitrogens is 1. The fourth-order valence-electron chi connectivity index (χ4n) is 2.95. The molecule has 1 aliphatic rings. The Kier molecular flexibility index (Phi) is 6.20. The number of piperidine rings is 1. The summed E-state index contributed by atoms with van der Waals surface area (Å²) in [5.74, 6) is 0. The van der Waals surface area contributed by atoms with Gasteiger partial charge in [0.1, 0.15) is 0 Å². The zero-order chi connectivity index (χ0) is 16.6. The van der Waals surface area contributed by atoms with E-state index in [4.69, 9.17) is 0 Å². The van der Waals surface area contributed by atoms with E-state index in [0.717, 1.165) is 44.6 Å². The van der Waals surface area contributed by atoms with Crippen LogP contribution in [0.15, 0.2) is 41.9 Å². The third-order valence-corrected chi connectivity index (χ3v) is 5.21. The Morgan fingerprint density at radius 3 is 2.83 bits per heavy atom. The predicted molar refractivity (Wildman–Crippen MR) is 97.1 cm³/mol. The number of nitrogens with zero attached hydrogens (tertiary/aromatic N) is 2. The second kappa shape index (κ2) is 8.80. The molecule has 0 radical (unpaired) electrons. The molecular formula is C18H24N4OS. The number of urea groups is 1. The lowest BCUT2D eigenvalue weighted by molar-refractivity contribution is 0.185. The topological polar surface area (TPSA) is 57.3 Å². The summed E-state index contributed by atoms with van der Waals surface area (Å²) < 4.78 is 0. The van der Waals surface area contributed by atoms with Crippen LogP contribution in [0.2, 0.25) is 0 Å². The number of thiophene rings is 1. The second-order valence-corrected chi connectivity index (χ2v) is 7.13. The summed E-state index contributed by atoms with van der Waals surface area (Å²) in [4.78, 5) is 20.0. The van der Waals surface area contributed by atoms with Crippen LogP contribution in [0.4, 0.5) is 4.79 Å². The molecule has 3 rings (SSSR count). The number of hydrogen-bond acceptors (Lipinski definition) is 4. The van der Waals surface area contributed by atoms with E-state index in [0.29, 0.717) is 6.54 Å². The van der Waals surface area contributed by atoms with Gasteiger partial charge in [-0.05, 0) is 42.8 Å². The Labute approximate surface area is 147 Å². The molecule has 0 spiro atoms.